The molecule has 6 aromatic rings. The lowest BCUT2D eigenvalue weighted by Gasteiger charge is -2.25. The van der Waals surface area contributed by atoms with Crippen molar-refractivity contribution in [3.63, 3.8) is 0 Å². The zero-order valence-corrected chi connectivity index (χ0v) is 32.7. The number of aromatic amines is 1. The number of aryl methyl sites for hydroxylation is 2. The molecule has 0 saturated carbocycles. The van der Waals surface area contributed by atoms with Gasteiger partial charge in [-0.15, -0.1) is 11.3 Å². The van der Waals surface area contributed by atoms with Crippen molar-refractivity contribution in [1.82, 2.24) is 4.98 Å². The highest BCUT2D eigenvalue weighted by Crippen LogP contribution is 2.39. The Kier molecular flexibility index (Phi) is 10.3. The number of nitrogens with zero attached hydrogens (tertiary/aromatic N) is 1. The van der Waals surface area contributed by atoms with Gasteiger partial charge in [0.05, 0.1) is 24.6 Å². The first-order chi connectivity index (χ1) is 27.3. The van der Waals surface area contributed by atoms with Gasteiger partial charge in [0.2, 0.25) is 0 Å². The molecule has 2 aliphatic heterocycles. The van der Waals surface area contributed by atoms with E-state index in [2.05, 4.69) is 116 Å². The predicted molar refractivity (Wildman–Crippen MR) is 225 cm³/mol. The molecular formula is C49H42N2O4S. The number of carbonyl (C=O) groups is 2. The number of aliphatic imine (C=N–C) groups is 1. The third kappa shape index (κ3) is 7.14. The maximum Gasteiger partial charge on any atom is 0.321 e. The predicted octanol–water partition coefficient (Wildman–Crippen LogP) is 8.80. The molecule has 4 heterocycles. The number of hydrogen-bond donors (Lipinski definition) is 1. The van der Waals surface area contributed by atoms with E-state index in [4.69, 9.17) is 14.5 Å². The van der Waals surface area contributed by atoms with Crippen LogP contribution >= 0.6 is 11.3 Å². The quantitative estimate of drug-likeness (QED) is 0.125. The van der Waals surface area contributed by atoms with Gasteiger partial charge in [-0.25, -0.2) is 4.99 Å². The molecule has 0 saturated heterocycles. The second kappa shape index (κ2) is 15.8. The molecule has 7 heteroatoms. The molecule has 8 rings (SSSR count). The Morgan fingerprint density at radius 2 is 1.23 bits per heavy atom. The normalized spacial score (nSPS) is 18.2. The maximum atomic E-state index is 13.9. The molecule has 0 fully saturated rings. The first kappa shape index (κ1) is 36.7. The number of aromatic nitrogens is 1. The molecular weight excluding hydrogens is 713 g/mol. The van der Waals surface area contributed by atoms with E-state index >= 15 is 0 Å². The van der Waals surface area contributed by atoms with Gasteiger partial charge in [0.1, 0.15) is 0 Å². The van der Waals surface area contributed by atoms with Gasteiger partial charge >= 0.3 is 11.9 Å². The van der Waals surface area contributed by atoms with Gasteiger partial charge in [-0.1, -0.05) is 114 Å². The van der Waals surface area contributed by atoms with Crippen LogP contribution in [0, 0.1) is 19.8 Å². The number of carbonyl (C=O) groups excluding carboxylic acids is 2. The third-order valence-electron chi connectivity index (χ3n) is 10.3. The van der Waals surface area contributed by atoms with E-state index in [0.29, 0.717) is 5.69 Å². The third-order valence-corrected chi connectivity index (χ3v) is 11.4. The van der Waals surface area contributed by atoms with Crippen molar-refractivity contribution in [2.24, 2.45) is 10.9 Å². The minimum absolute atomic E-state index is 0.127. The van der Waals surface area contributed by atoms with Crippen LogP contribution in [0.4, 0.5) is 0 Å². The molecule has 278 valence electrons. The number of ether oxygens (including phenoxy) is 2. The monoisotopic (exact) mass is 754 g/mol. The highest BCUT2D eigenvalue weighted by atomic mass is 32.1. The number of H-pyrrole nitrogens is 1. The van der Waals surface area contributed by atoms with E-state index in [1.54, 1.807) is 25.2 Å². The van der Waals surface area contributed by atoms with Crippen LogP contribution in [-0.4, -0.2) is 35.8 Å². The molecule has 1 atom stereocenters. The van der Waals surface area contributed by atoms with Crippen LogP contribution in [0.3, 0.4) is 0 Å². The average molecular weight is 755 g/mol. The van der Waals surface area contributed by atoms with E-state index in [1.165, 1.54) is 5.56 Å². The molecule has 0 radical (unpaired) electrons. The molecule has 8 bridgehead atoms. The first-order valence-corrected chi connectivity index (χ1v) is 19.8. The highest BCUT2D eigenvalue weighted by molar-refractivity contribution is 7.08. The van der Waals surface area contributed by atoms with Crippen LogP contribution in [-0.2, 0) is 19.1 Å². The molecule has 1 N–H and O–H groups in total. The standard InChI is InChI=1S/C49H42N2O4S/c1-5-54-48(52)47(49(53)55-6-2)46-36-14-10-13-35(29-36)43(32-11-8-7-9-12-32)37-23-24-38(50-37)44(33-19-15-30(3)16-20-33)41-27-28-42(56-41)45(39-25-26-40(46)51-39)34-21-17-31(4)18-22-34/h7-29,46-47,51H,5-6H2,1-4H3/b43-37-,44-41-,45-42-. The zero-order chi connectivity index (χ0) is 38.8. The van der Waals surface area contributed by atoms with Gasteiger partial charge in [0.15, 0.2) is 5.92 Å². The summed E-state index contributed by atoms with van der Waals surface area (Å²) in [5.41, 5.74) is 13.4. The van der Waals surface area contributed by atoms with E-state index in [0.717, 1.165) is 76.3 Å². The van der Waals surface area contributed by atoms with Crippen LogP contribution in [0.15, 0.2) is 150 Å². The number of fused-ring (bicyclic) bond motifs is 7. The smallest absolute Gasteiger partial charge is 0.321 e. The van der Waals surface area contributed by atoms with Gasteiger partial charge in [-0.2, -0.15) is 0 Å². The number of esters is 2. The number of rotatable bonds is 8. The first-order valence-electron chi connectivity index (χ1n) is 19.0. The van der Waals surface area contributed by atoms with Crippen molar-refractivity contribution in [3.05, 3.63) is 205 Å². The lowest BCUT2D eigenvalue weighted by Crippen LogP contribution is -2.34. The summed E-state index contributed by atoms with van der Waals surface area (Å²) < 4.78 is 13.3. The lowest BCUT2D eigenvalue weighted by molar-refractivity contribution is -0.162. The number of thiophene rings is 1. The molecule has 1 unspecified atom stereocenters. The van der Waals surface area contributed by atoms with Crippen LogP contribution in [0.5, 0.6) is 0 Å². The van der Waals surface area contributed by atoms with Crippen molar-refractivity contribution in [2.45, 2.75) is 33.6 Å². The lowest BCUT2D eigenvalue weighted by atomic mass is 9.81. The Balaban J connectivity index is 1.50. The fourth-order valence-corrected chi connectivity index (χ4v) is 8.78. The Hall–Kier alpha value is -6.31. The zero-order valence-electron chi connectivity index (χ0n) is 31.8. The van der Waals surface area contributed by atoms with Crippen molar-refractivity contribution < 1.29 is 19.1 Å². The number of benzene rings is 4. The Labute approximate surface area is 330 Å². The van der Waals surface area contributed by atoms with Crippen molar-refractivity contribution >= 4 is 45.7 Å². The topological polar surface area (TPSA) is 80.8 Å². The molecule has 2 aromatic heterocycles. The molecule has 0 spiro atoms. The Morgan fingerprint density at radius 3 is 1.88 bits per heavy atom. The van der Waals surface area contributed by atoms with Gasteiger partial charge in [-0.3, -0.25) is 9.59 Å². The molecule has 0 amide bonds. The SMILES string of the molecule is CCOC(=O)C(C(=O)OCC)C1c2cccc(c2)/C(c2ccccc2)=C2/C=CC(=N2)/C(c2ccc(C)cc2)=c2/cc/c(s2)=C(\c2ccc(C)cc2)c2ccc1[nH]2. The summed E-state index contributed by atoms with van der Waals surface area (Å²) in [5.74, 6) is -3.28. The maximum absolute atomic E-state index is 13.9. The second-order valence-corrected chi connectivity index (χ2v) is 15.1. The summed E-state index contributed by atoms with van der Waals surface area (Å²) in [5, 5.41) is 0. The van der Waals surface area contributed by atoms with Crippen molar-refractivity contribution in [2.75, 3.05) is 13.2 Å². The van der Waals surface area contributed by atoms with Crippen molar-refractivity contribution in [1.29, 1.82) is 0 Å². The summed E-state index contributed by atoms with van der Waals surface area (Å²) in [6.07, 6.45) is 4.19. The van der Waals surface area contributed by atoms with Crippen LogP contribution < -0.4 is 9.06 Å². The van der Waals surface area contributed by atoms with Gasteiger partial charge in [0, 0.05) is 43.1 Å². The molecule has 0 aliphatic carbocycles. The van der Waals surface area contributed by atoms with Crippen LogP contribution in [0.2, 0.25) is 0 Å². The van der Waals surface area contributed by atoms with Crippen LogP contribution in [0.25, 0.3) is 16.7 Å². The summed E-state index contributed by atoms with van der Waals surface area (Å²) in [7, 11) is 0. The van der Waals surface area contributed by atoms with Gasteiger partial charge < -0.3 is 14.5 Å². The fraction of sp³-hybridized carbons (Fsp3) is 0.163. The Bertz CT molecular complexity index is 2640. The average Bonchev–Trinajstić information content (AvgIpc) is 3.99. The largest absolute Gasteiger partial charge is 0.465 e. The minimum Gasteiger partial charge on any atom is -0.465 e. The molecule has 2 aliphatic rings. The second-order valence-electron chi connectivity index (χ2n) is 14.0. The van der Waals surface area contributed by atoms with E-state index in [-0.39, 0.29) is 13.2 Å². The molecule has 4 aromatic carbocycles. The molecule has 56 heavy (non-hydrogen) atoms. The summed E-state index contributed by atoms with van der Waals surface area (Å²) in [4.78, 5) is 36.9. The number of hydrogen-bond acceptors (Lipinski definition) is 6. The van der Waals surface area contributed by atoms with E-state index in [9.17, 15) is 9.59 Å². The Morgan fingerprint density at radius 1 is 0.643 bits per heavy atom. The van der Waals surface area contributed by atoms with Gasteiger partial charge in [0.25, 0.3) is 0 Å². The van der Waals surface area contributed by atoms with Crippen LogP contribution in [0.1, 0.15) is 70.1 Å². The molecule has 6 nitrogen and oxygen atoms in total. The number of allylic oxidation sites excluding steroid dienone is 2. The van der Waals surface area contributed by atoms with E-state index < -0.39 is 23.8 Å². The fourth-order valence-electron chi connectivity index (χ4n) is 7.61. The van der Waals surface area contributed by atoms with Crippen molar-refractivity contribution in [3.8, 4) is 0 Å². The van der Waals surface area contributed by atoms with Gasteiger partial charge in [-0.05, 0) is 91.9 Å². The number of nitrogens with one attached hydrogen (secondary N) is 1. The van der Waals surface area contributed by atoms with E-state index in [1.807, 2.05) is 42.5 Å². The summed E-state index contributed by atoms with van der Waals surface area (Å²) in [6, 6.07) is 43.8. The minimum atomic E-state index is -1.26. The summed E-state index contributed by atoms with van der Waals surface area (Å²) >= 11 is 1.71. The highest BCUT2D eigenvalue weighted by Gasteiger charge is 2.40. The summed E-state index contributed by atoms with van der Waals surface area (Å²) in [6.45, 7) is 7.93.